The third kappa shape index (κ3) is 4.44. The highest BCUT2D eigenvalue weighted by molar-refractivity contribution is 6.01. The standard InChI is InChI=1S/C22H19F4N3O3/c23-12-2-1-11(16(24)6-12)5-20(31)27-13-9-29(10-13)14-7-17(25)21(18(26)8-14)15-3-4-19(30)28-22(15)32/h1-2,6-8,13,15H,3-5,9-10H2,(H,27,31)(H,28,30,32). The summed E-state index contributed by atoms with van der Waals surface area (Å²) in [6, 6.07) is 4.91. The number of rotatable bonds is 5. The minimum absolute atomic E-state index is 0.00631. The zero-order valence-electron chi connectivity index (χ0n) is 16.8. The maximum atomic E-state index is 14.6. The van der Waals surface area contributed by atoms with E-state index in [4.69, 9.17) is 0 Å². The van der Waals surface area contributed by atoms with E-state index in [-0.39, 0.29) is 55.2 Å². The molecule has 10 heteroatoms. The number of imide groups is 1. The third-order valence-corrected chi connectivity index (χ3v) is 5.63. The number of hydrogen-bond acceptors (Lipinski definition) is 4. The smallest absolute Gasteiger partial charge is 0.234 e. The molecule has 2 aromatic carbocycles. The number of carbonyl (C=O) groups is 3. The van der Waals surface area contributed by atoms with E-state index in [0.717, 1.165) is 18.2 Å². The lowest BCUT2D eigenvalue weighted by Crippen LogP contribution is -2.59. The van der Waals surface area contributed by atoms with Gasteiger partial charge in [-0.1, -0.05) is 6.07 Å². The number of nitrogens with zero attached hydrogens (tertiary/aromatic N) is 1. The molecule has 1 unspecified atom stereocenters. The van der Waals surface area contributed by atoms with Crippen LogP contribution in [0, 0.1) is 23.3 Å². The quantitative estimate of drug-likeness (QED) is 0.543. The molecule has 168 valence electrons. The molecular formula is C22H19F4N3O3. The first-order chi connectivity index (χ1) is 15.2. The van der Waals surface area contributed by atoms with Gasteiger partial charge in [0.25, 0.3) is 0 Å². The van der Waals surface area contributed by atoms with Crippen molar-refractivity contribution in [3.05, 3.63) is 64.7 Å². The molecule has 2 aliphatic heterocycles. The molecule has 0 saturated carbocycles. The molecule has 0 aromatic heterocycles. The van der Waals surface area contributed by atoms with Crippen molar-refractivity contribution >= 4 is 23.4 Å². The van der Waals surface area contributed by atoms with E-state index in [0.29, 0.717) is 6.07 Å². The van der Waals surface area contributed by atoms with Gasteiger partial charge in [-0.05, 0) is 30.2 Å². The topological polar surface area (TPSA) is 78.5 Å². The molecule has 2 N–H and O–H groups in total. The second kappa shape index (κ2) is 8.60. The van der Waals surface area contributed by atoms with Crippen LogP contribution in [0.15, 0.2) is 30.3 Å². The molecule has 0 aliphatic carbocycles. The molecule has 4 rings (SSSR count). The first kappa shape index (κ1) is 21.8. The van der Waals surface area contributed by atoms with E-state index in [1.807, 2.05) is 0 Å². The zero-order chi connectivity index (χ0) is 23.0. The van der Waals surface area contributed by atoms with Crippen LogP contribution in [0.3, 0.4) is 0 Å². The predicted molar refractivity (Wildman–Crippen MR) is 106 cm³/mol. The molecular weight excluding hydrogens is 430 g/mol. The molecule has 2 heterocycles. The van der Waals surface area contributed by atoms with Gasteiger partial charge in [-0.25, -0.2) is 17.6 Å². The van der Waals surface area contributed by atoms with Crippen molar-refractivity contribution in [3.8, 4) is 0 Å². The number of amides is 3. The van der Waals surface area contributed by atoms with Crippen LogP contribution in [0.2, 0.25) is 0 Å². The van der Waals surface area contributed by atoms with E-state index < -0.39 is 46.9 Å². The highest BCUT2D eigenvalue weighted by Gasteiger charge is 2.34. The van der Waals surface area contributed by atoms with Gasteiger partial charge in [-0.2, -0.15) is 0 Å². The minimum Gasteiger partial charge on any atom is -0.367 e. The van der Waals surface area contributed by atoms with Gasteiger partial charge in [-0.3, -0.25) is 19.7 Å². The van der Waals surface area contributed by atoms with Crippen LogP contribution in [0.4, 0.5) is 23.2 Å². The molecule has 0 spiro atoms. The lowest BCUT2D eigenvalue weighted by Gasteiger charge is -2.41. The minimum atomic E-state index is -1.07. The van der Waals surface area contributed by atoms with Crippen molar-refractivity contribution < 1.29 is 31.9 Å². The van der Waals surface area contributed by atoms with Gasteiger partial charge in [0, 0.05) is 36.8 Å². The maximum Gasteiger partial charge on any atom is 0.234 e. The van der Waals surface area contributed by atoms with Gasteiger partial charge in [-0.15, -0.1) is 0 Å². The molecule has 3 amide bonds. The molecule has 0 bridgehead atoms. The third-order valence-electron chi connectivity index (χ3n) is 5.63. The van der Waals surface area contributed by atoms with Crippen molar-refractivity contribution in [2.24, 2.45) is 0 Å². The van der Waals surface area contributed by atoms with E-state index in [2.05, 4.69) is 10.6 Å². The van der Waals surface area contributed by atoms with Gasteiger partial charge in [0.2, 0.25) is 17.7 Å². The number of halogens is 4. The Hall–Kier alpha value is -3.43. The van der Waals surface area contributed by atoms with Gasteiger partial charge in [0.15, 0.2) is 0 Å². The number of anilines is 1. The lowest BCUT2D eigenvalue weighted by atomic mass is 9.89. The van der Waals surface area contributed by atoms with E-state index in [9.17, 15) is 31.9 Å². The molecule has 2 aliphatic rings. The molecule has 2 saturated heterocycles. The number of carbonyl (C=O) groups excluding carboxylic acids is 3. The summed E-state index contributed by atoms with van der Waals surface area (Å²) in [4.78, 5) is 37.0. The van der Waals surface area contributed by atoms with Crippen LogP contribution < -0.4 is 15.5 Å². The van der Waals surface area contributed by atoms with Crippen LogP contribution >= 0.6 is 0 Å². The fourth-order valence-corrected chi connectivity index (χ4v) is 3.95. The van der Waals surface area contributed by atoms with Crippen molar-refractivity contribution in [2.75, 3.05) is 18.0 Å². The first-order valence-electron chi connectivity index (χ1n) is 10.0. The normalized spacial score (nSPS) is 18.9. The van der Waals surface area contributed by atoms with Gasteiger partial charge < -0.3 is 10.2 Å². The Labute approximate surface area is 180 Å². The first-order valence-corrected chi connectivity index (χ1v) is 10.0. The van der Waals surface area contributed by atoms with Gasteiger partial charge >= 0.3 is 0 Å². The fourth-order valence-electron chi connectivity index (χ4n) is 3.95. The summed E-state index contributed by atoms with van der Waals surface area (Å²) in [5, 5.41) is 4.78. The largest absolute Gasteiger partial charge is 0.367 e. The fraction of sp³-hybridized carbons (Fsp3) is 0.318. The molecule has 2 fully saturated rings. The molecule has 1 atom stereocenters. The number of hydrogen-bond donors (Lipinski definition) is 2. The SMILES string of the molecule is O=C1CCC(c2c(F)cc(N3CC(NC(=O)Cc4ccc(F)cc4F)C3)cc2F)C(=O)N1. The summed E-state index contributed by atoms with van der Waals surface area (Å²) >= 11 is 0. The Balaban J connectivity index is 1.36. The number of nitrogens with one attached hydrogen (secondary N) is 2. The summed E-state index contributed by atoms with van der Waals surface area (Å²) < 4.78 is 55.9. The monoisotopic (exact) mass is 449 g/mol. The summed E-state index contributed by atoms with van der Waals surface area (Å²) in [7, 11) is 0. The van der Waals surface area contributed by atoms with Crippen LogP contribution in [0.25, 0.3) is 0 Å². The summed E-state index contributed by atoms with van der Waals surface area (Å²) in [6.07, 6.45) is -0.219. The summed E-state index contributed by atoms with van der Waals surface area (Å²) in [5.74, 6) is -6.03. The molecule has 6 nitrogen and oxygen atoms in total. The highest BCUT2D eigenvalue weighted by atomic mass is 19.1. The van der Waals surface area contributed by atoms with Crippen molar-refractivity contribution in [1.82, 2.24) is 10.6 Å². The Morgan fingerprint density at radius 3 is 2.34 bits per heavy atom. The van der Waals surface area contributed by atoms with Crippen LogP contribution in [0.5, 0.6) is 0 Å². The predicted octanol–water partition coefficient (Wildman–Crippen LogP) is 2.31. The summed E-state index contributed by atoms with van der Waals surface area (Å²) in [5.41, 5.74) is -0.0511. The maximum absolute atomic E-state index is 14.6. The number of benzene rings is 2. The Morgan fingerprint density at radius 2 is 1.72 bits per heavy atom. The van der Waals surface area contributed by atoms with E-state index >= 15 is 0 Å². The molecule has 32 heavy (non-hydrogen) atoms. The van der Waals surface area contributed by atoms with Crippen molar-refractivity contribution in [1.29, 1.82) is 0 Å². The Morgan fingerprint density at radius 1 is 1.03 bits per heavy atom. The Kier molecular flexibility index (Phi) is 5.86. The van der Waals surface area contributed by atoms with Crippen molar-refractivity contribution in [3.63, 3.8) is 0 Å². The lowest BCUT2D eigenvalue weighted by molar-refractivity contribution is -0.134. The van der Waals surface area contributed by atoms with Gasteiger partial charge in [0.05, 0.1) is 18.4 Å². The van der Waals surface area contributed by atoms with Crippen molar-refractivity contribution in [2.45, 2.75) is 31.2 Å². The average Bonchev–Trinajstić information content (AvgIpc) is 2.67. The second-order valence-corrected chi connectivity index (χ2v) is 7.91. The van der Waals surface area contributed by atoms with E-state index in [1.165, 1.54) is 6.07 Å². The van der Waals surface area contributed by atoms with Crippen LogP contribution in [-0.2, 0) is 20.8 Å². The Bertz CT molecular complexity index is 1080. The molecule has 2 aromatic rings. The highest BCUT2D eigenvalue weighted by Crippen LogP contribution is 2.33. The number of piperidine rings is 1. The molecule has 0 radical (unpaired) electrons. The van der Waals surface area contributed by atoms with Gasteiger partial charge in [0.1, 0.15) is 23.3 Å². The van der Waals surface area contributed by atoms with Crippen LogP contribution in [-0.4, -0.2) is 36.9 Å². The second-order valence-electron chi connectivity index (χ2n) is 7.91. The zero-order valence-corrected chi connectivity index (χ0v) is 16.8. The summed E-state index contributed by atoms with van der Waals surface area (Å²) in [6.45, 7) is 0.572. The van der Waals surface area contributed by atoms with Crippen LogP contribution in [0.1, 0.15) is 29.9 Å². The average molecular weight is 449 g/mol. The van der Waals surface area contributed by atoms with E-state index in [1.54, 1.807) is 4.90 Å².